The lowest BCUT2D eigenvalue weighted by molar-refractivity contribution is -0.137. The van der Waals surface area contributed by atoms with Crippen LogP contribution in [-0.4, -0.2) is 10.8 Å². The fourth-order valence-corrected chi connectivity index (χ4v) is 2.68. The van der Waals surface area contributed by atoms with Gasteiger partial charge in [0.15, 0.2) is 5.78 Å². The van der Waals surface area contributed by atoms with Crippen LogP contribution in [0.4, 0.5) is 13.2 Å². The number of rotatable bonds is 1. The molecule has 0 bridgehead atoms. The summed E-state index contributed by atoms with van der Waals surface area (Å²) in [6.07, 6.45) is -2.48. The van der Waals surface area contributed by atoms with E-state index < -0.39 is 11.7 Å². The van der Waals surface area contributed by atoms with Crippen molar-refractivity contribution < 1.29 is 18.0 Å². The molecule has 3 nitrogen and oxygen atoms in total. The van der Waals surface area contributed by atoms with E-state index >= 15 is 0 Å². The molecule has 1 aromatic carbocycles. The second-order valence-corrected chi connectivity index (χ2v) is 5.30. The average molecular weight is 319 g/mol. The molecular formula is C17H12F3NO2. The van der Waals surface area contributed by atoms with Gasteiger partial charge in [-0.15, -0.1) is 0 Å². The number of aromatic amines is 1. The molecule has 1 aromatic heterocycles. The van der Waals surface area contributed by atoms with Crippen LogP contribution in [0.3, 0.4) is 0 Å². The quantitative estimate of drug-likeness (QED) is 0.816. The van der Waals surface area contributed by atoms with Gasteiger partial charge in [0.05, 0.1) is 5.56 Å². The second-order valence-electron chi connectivity index (χ2n) is 5.30. The first-order chi connectivity index (χ1) is 10.9. The molecule has 0 amide bonds. The molecule has 0 unspecified atom stereocenters. The van der Waals surface area contributed by atoms with Crippen LogP contribution in [0.25, 0.3) is 6.08 Å². The summed E-state index contributed by atoms with van der Waals surface area (Å²) < 4.78 is 39.1. The first kappa shape index (κ1) is 15.3. The summed E-state index contributed by atoms with van der Waals surface area (Å²) in [6.45, 7) is 0. The summed E-state index contributed by atoms with van der Waals surface area (Å²) in [5.74, 6) is -0.348. The van der Waals surface area contributed by atoms with Crippen LogP contribution in [0.15, 0.2) is 46.8 Å². The third-order valence-electron chi connectivity index (χ3n) is 3.78. The number of aryl methyl sites for hydroxylation is 1. The molecule has 0 saturated heterocycles. The molecule has 1 heterocycles. The lowest BCUT2D eigenvalue weighted by Gasteiger charge is -2.17. The molecule has 1 aliphatic rings. The van der Waals surface area contributed by atoms with E-state index in [1.165, 1.54) is 36.4 Å². The van der Waals surface area contributed by atoms with Gasteiger partial charge in [0.25, 0.3) is 0 Å². The van der Waals surface area contributed by atoms with E-state index in [9.17, 15) is 22.8 Å². The lowest BCUT2D eigenvalue weighted by Crippen LogP contribution is -2.20. The summed E-state index contributed by atoms with van der Waals surface area (Å²) in [5, 5.41) is 0. The molecular weight excluding hydrogens is 307 g/mol. The van der Waals surface area contributed by atoms with Gasteiger partial charge in [-0.2, -0.15) is 13.2 Å². The van der Waals surface area contributed by atoms with E-state index in [0.29, 0.717) is 23.3 Å². The number of benzene rings is 1. The van der Waals surface area contributed by atoms with Crippen molar-refractivity contribution in [2.45, 2.75) is 19.0 Å². The monoisotopic (exact) mass is 319 g/mol. The highest BCUT2D eigenvalue weighted by molar-refractivity contribution is 6.12. The van der Waals surface area contributed by atoms with Crippen LogP contribution in [0.5, 0.6) is 0 Å². The Hall–Kier alpha value is -2.63. The minimum absolute atomic E-state index is 0.0313. The highest BCUT2D eigenvalue weighted by Crippen LogP contribution is 2.34. The maximum atomic E-state index is 13.0. The third kappa shape index (κ3) is 2.97. The number of Topliss-reactive ketones (excluding diaryl/α,β-unsaturated/α-hetero) is 1. The van der Waals surface area contributed by atoms with Crippen LogP contribution < -0.4 is 5.56 Å². The van der Waals surface area contributed by atoms with Gasteiger partial charge < -0.3 is 4.98 Å². The predicted molar refractivity (Wildman–Crippen MR) is 79.1 cm³/mol. The highest BCUT2D eigenvalue weighted by Gasteiger charge is 2.33. The first-order valence-corrected chi connectivity index (χ1v) is 7.00. The molecule has 0 spiro atoms. The summed E-state index contributed by atoms with van der Waals surface area (Å²) in [4.78, 5) is 26.3. The Balaban J connectivity index is 2.04. The zero-order valence-electron chi connectivity index (χ0n) is 11.9. The third-order valence-corrected chi connectivity index (χ3v) is 3.78. The van der Waals surface area contributed by atoms with E-state index in [4.69, 9.17) is 0 Å². The van der Waals surface area contributed by atoms with Crippen LogP contribution >= 0.6 is 0 Å². The van der Waals surface area contributed by atoms with Crippen molar-refractivity contribution in [1.82, 2.24) is 4.98 Å². The lowest BCUT2D eigenvalue weighted by atomic mass is 9.88. The zero-order chi connectivity index (χ0) is 16.6. The smallest absolute Gasteiger partial charge is 0.325 e. The van der Waals surface area contributed by atoms with Gasteiger partial charge in [-0.3, -0.25) is 9.59 Å². The van der Waals surface area contributed by atoms with Gasteiger partial charge in [0.1, 0.15) is 0 Å². The summed E-state index contributed by atoms with van der Waals surface area (Å²) in [7, 11) is 0. The van der Waals surface area contributed by atoms with Gasteiger partial charge in [-0.05, 0) is 36.6 Å². The molecule has 0 radical (unpaired) electrons. The van der Waals surface area contributed by atoms with E-state index in [0.717, 1.165) is 6.07 Å². The fourth-order valence-electron chi connectivity index (χ4n) is 2.68. The topological polar surface area (TPSA) is 49.9 Å². The number of allylic oxidation sites excluding steroid dienone is 1. The Morgan fingerprint density at radius 1 is 1.00 bits per heavy atom. The summed E-state index contributed by atoms with van der Waals surface area (Å²) in [6, 6.07) is 7.80. The van der Waals surface area contributed by atoms with Crippen LogP contribution in [0.2, 0.25) is 0 Å². The van der Waals surface area contributed by atoms with Crippen molar-refractivity contribution >= 4 is 11.9 Å². The van der Waals surface area contributed by atoms with Crippen LogP contribution in [0, 0.1) is 0 Å². The number of carbonyl (C=O) groups is 1. The van der Waals surface area contributed by atoms with Gasteiger partial charge in [-0.25, -0.2) is 0 Å². The molecule has 3 rings (SSSR count). The summed E-state index contributed by atoms with van der Waals surface area (Å²) >= 11 is 0. The van der Waals surface area contributed by atoms with Crippen molar-refractivity contribution in [3.63, 3.8) is 0 Å². The SMILES string of the molecule is O=C1/C(=C\c2ccccc2C(F)(F)F)CCc2[nH]c(=O)ccc21. The van der Waals surface area contributed by atoms with E-state index in [1.54, 1.807) is 0 Å². The minimum Gasteiger partial charge on any atom is -0.325 e. The normalized spacial score (nSPS) is 16.5. The van der Waals surface area contributed by atoms with Crippen LogP contribution in [0.1, 0.15) is 33.6 Å². The summed E-state index contributed by atoms with van der Waals surface area (Å²) in [5.41, 5.74) is 0.0757. The van der Waals surface area contributed by atoms with E-state index in [-0.39, 0.29) is 23.3 Å². The average Bonchev–Trinajstić information content (AvgIpc) is 2.49. The van der Waals surface area contributed by atoms with Crippen molar-refractivity contribution in [2.24, 2.45) is 0 Å². The molecule has 2 aromatic rings. The number of halogens is 3. The molecule has 6 heteroatoms. The number of hydrogen-bond donors (Lipinski definition) is 1. The first-order valence-electron chi connectivity index (χ1n) is 7.00. The van der Waals surface area contributed by atoms with E-state index in [2.05, 4.69) is 4.98 Å². The maximum Gasteiger partial charge on any atom is 0.416 e. The molecule has 0 atom stereocenters. The van der Waals surface area contributed by atoms with Gasteiger partial charge in [0.2, 0.25) is 5.56 Å². The largest absolute Gasteiger partial charge is 0.416 e. The van der Waals surface area contributed by atoms with E-state index in [1.807, 2.05) is 0 Å². The number of ketones is 1. The molecule has 1 aliphatic carbocycles. The second kappa shape index (κ2) is 5.53. The number of aromatic nitrogens is 1. The number of alkyl halides is 3. The number of pyridine rings is 1. The number of fused-ring (bicyclic) bond motifs is 1. The number of carbonyl (C=O) groups excluding carboxylic acids is 1. The maximum absolute atomic E-state index is 13.0. The molecule has 23 heavy (non-hydrogen) atoms. The van der Waals surface area contributed by atoms with Crippen molar-refractivity contribution in [1.29, 1.82) is 0 Å². The minimum atomic E-state index is -4.48. The van der Waals surface area contributed by atoms with Crippen molar-refractivity contribution in [3.05, 3.63) is 74.7 Å². The Labute approximate surface area is 129 Å². The number of hydrogen-bond acceptors (Lipinski definition) is 2. The molecule has 0 aliphatic heterocycles. The molecule has 0 saturated carbocycles. The Morgan fingerprint density at radius 2 is 1.74 bits per heavy atom. The van der Waals surface area contributed by atoms with Gasteiger partial charge >= 0.3 is 6.18 Å². The number of nitrogens with one attached hydrogen (secondary N) is 1. The van der Waals surface area contributed by atoms with Gasteiger partial charge in [0, 0.05) is 22.9 Å². The molecule has 1 N–H and O–H groups in total. The Kier molecular flexibility index (Phi) is 3.67. The van der Waals surface area contributed by atoms with Gasteiger partial charge in [-0.1, -0.05) is 18.2 Å². The number of H-pyrrole nitrogens is 1. The highest BCUT2D eigenvalue weighted by atomic mass is 19.4. The van der Waals surface area contributed by atoms with Crippen molar-refractivity contribution in [2.75, 3.05) is 0 Å². The molecule has 0 fully saturated rings. The predicted octanol–water partition coefficient (Wildman–Crippen LogP) is 3.61. The van der Waals surface area contributed by atoms with Crippen LogP contribution in [-0.2, 0) is 12.6 Å². The zero-order valence-corrected chi connectivity index (χ0v) is 11.9. The fraction of sp³-hybridized carbons (Fsp3) is 0.176. The Morgan fingerprint density at radius 3 is 2.48 bits per heavy atom. The van der Waals surface area contributed by atoms with Crippen molar-refractivity contribution in [3.8, 4) is 0 Å². The standard InChI is InChI=1S/C17H12F3NO2/c18-17(19,20)13-4-2-1-3-10(13)9-11-5-7-14-12(16(11)23)6-8-15(22)21-14/h1-4,6,8-9H,5,7H2,(H,21,22)/b11-9-. The Bertz CT molecular complexity index is 863. The molecule has 118 valence electrons.